The number of carbonyl (C=O) groups excluding carboxylic acids is 1. The molecule has 1 amide bonds. The van der Waals surface area contributed by atoms with Gasteiger partial charge in [-0.2, -0.15) is 0 Å². The van der Waals surface area contributed by atoms with Gasteiger partial charge in [-0.3, -0.25) is 14.2 Å². The van der Waals surface area contributed by atoms with Crippen molar-refractivity contribution in [1.82, 2.24) is 14.9 Å². The molecule has 2 aromatic rings. The monoisotopic (exact) mass is 481 g/mol. The van der Waals surface area contributed by atoms with Crippen LogP contribution >= 0.6 is 11.8 Å². The Morgan fingerprint density at radius 1 is 1.21 bits per heavy atom. The van der Waals surface area contributed by atoms with Gasteiger partial charge in [-0.05, 0) is 93.6 Å². The highest BCUT2D eigenvalue weighted by Gasteiger charge is 2.53. The molecule has 4 bridgehead atoms. The van der Waals surface area contributed by atoms with Crippen LogP contribution in [0.15, 0.2) is 34.2 Å². The lowest BCUT2D eigenvalue weighted by atomic mass is 9.48. The van der Waals surface area contributed by atoms with E-state index in [1.54, 1.807) is 4.57 Å². The van der Waals surface area contributed by atoms with E-state index in [1.165, 1.54) is 50.3 Å². The lowest BCUT2D eigenvalue weighted by Gasteiger charge is -2.59. The van der Waals surface area contributed by atoms with Gasteiger partial charge in [0, 0.05) is 12.6 Å². The minimum Gasteiger partial charge on any atom is -0.376 e. The Hall–Kier alpha value is -1.86. The predicted molar refractivity (Wildman–Crippen MR) is 134 cm³/mol. The number of hydrogen-bond donors (Lipinski definition) is 1. The second kappa shape index (κ2) is 8.98. The van der Waals surface area contributed by atoms with E-state index in [0.29, 0.717) is 22.6 Å². The average Bonchev–Trinajstić information content (AvgIpc) is 3.32. The van der Waals surface area contributed by atoms with Gasteiger partial charge < -0.3 is 10.1 Å². The molecule has 1 aromatic heterocycles. The van der Waals surface area contributed by atoms with Crippen LogP contribution in [0.1, 0.15) is 58.3 Å². The Morgan fingerprint density at radius 2 is 1.91 bits per heavy atom. The standard InChI is InChI=1S/C27H35N3O3S/c1-17(27-12-18-9-19(13-27)11-20(10-18)14-27)28-24(31)16-34-26-29-23-7-3-2-6-22(23)25(32)30(26)15-21-5-4-8-33-21/h2-3,6-7,17-21H,4-5,8-16H2,1H3,(H,28,31). The molecule has 2 heterocycles. The Bertz CT molecular complexity index is 1100. The van der Waals surface area contributed by atoms with Crippen LogP contribution in [0.3, 0.4) is 0 Å². The minimum atomic E-state index is -0.0501. The molecule has 34 heavy (non-hydrogen) atoms. The number of nitrogens with zero attached hydrogens (tertiary/aromatic N) is 2. The third-order valence-electron chi connectivity index (χ3n) is 8.95. The van der Waals surface area contributed by atoms with Gasteiger partial charge in [0.15, 0.2) is 5.16 Å². The van der Waals surface area contributed by atoms with E-state index < -0.39 is 0 Å². The number of aromatic nitrogens is 2. The van der Waals surface area contributed by atoms with E-state index in [2.05, 4.69) is 12.2 Å². The minimum absolute atomic E-state index is 0.0324. The first-order valence-electron chi connectivity index (χ1n) is 13.0. The number of benzene rings is 1. The summed E-state index contributed by atoms with van der Waals surface area (Å²) in [5.41, 5.74) is 0.921. The number of hydrogen-bond acceptors (Lipinski definition) is 5. The summed E-state index contributed by atoms with van der Waals surface area (Å²) in [4.78, 5) is 31.1. The van der Waals surface area contributed by atoms with Gasteiger partial charge in [-0.1, -0.05) is 23.9 Å². The molecule has 5 aliphatic rings. The van der Waals surface area contributed by atoms with E-state index >= 15 is 0 Å². The van der Waals surface area contributed by atoms with Crippen LogP contribution in [-0.4, -0.2) is 40.0 Å². The Kier molecular flexibility index (Phi) is 5.96. The van der Waals surface area contributed by atoms with Gasteiger partial charge in [0.25, 0.3) is 5.56 Å². The summed E-state index contributed by atoms with van der Waals surface area (Å²) in [7, 11) is 0. The maximum atomic E-state index is 13.3. The van der Waals surface area contributed by atoms with Gasteiger partial charge in [0.05, 0.1) is 29.3 Å². The van der Waals surface area contributed by atoms with E-state index in [0.717, 1.165) is 37.2 Å². The molecular formula is C27H35N3O3S. The average molecular weight is 482 g/mol. The number of amides is 1. The maximum Gasteiger partial charge on any atom is 0.262 e. The number of thioether (sulfide) groups is 1. The maximum absolute atomic E-state index is 13.3. The zero-order chi connectivity index (χ0) is 23.3. The first-order chi connectivity index (χ1) is 16.5. The van der Waals surface area contributed by atoms with Crippen LogP contribution in [0.5, 0.6) is 0 Å². The second-order valence-corrected chi connectivity index (χ2v) is 12.3. The van der Waals surface area contributed by atoms with E-state index in [9.17, 15) is 9.59 Å². The smallest absolute Gasteiger partial charge is 0.262 e. The summed E-state index contributed by atoms with van der Waals surface area (Å²) in [5.74, 6) is 2.92. The molecule has 0 radical (unpaired) electrons. The van der Waals surface area contributed by atoms with Gasteiger partial charge in [-0.15, -0.1) is 0 Å². The van der Waals surface area contributed by atoms with Crippen LogP contribution in [0, 0.1) is 23.2 Å². The molecule has 1 N–H and O–H groups in total. The molecule has 2 unspecified atom stereocenters. The topological polar surface area (TPSA) is 73.2 Å². The van der Waals surface area contributed by atoms with Crippen molar-refractivity contribution in [3.63, 3.8) is 0 Å². The van der Waals surface area contributed by atoms with Crippen molar-refractivity contribution in [2.24, 2.45) is 23.2 Å². The highest BCUT2D eigenvalue weighted by molar-refractivity contribution is 7.99. The van der Waals surface area contributed by atoms with E-state index in [4.69, 9.17) is 9.72 Å². The van der Waals surface area contributed by atoms with Crippen LogP contribution in [0.25, 0.3) is 10.9 Å². The van der Waals surface area contributed by atoms with Crippen molar-refractivity contribution in [2.75, 3.05) is 12.4 Å². The van der Waals surface area contributed by atoms with Crippen LogP contribution in [-0.2, 0) is 16.1 Å². The molecule has 7 rings (SSSR count). The summed E-state index contributed by atoms with van der Waals surface area (Å²) in [5, 5.41) is 4.58. The molecule has 2 atom stereocenters. The lowest BCUT2D eigenvalue weighted by Crippen LogP contribution is -2.56. The first-order valence-corrected chi connectivity index (χ1v) is 14.0. The van der Waals surface area contributed by atoms with Crippen molar-refractivity contribution in [1.29, 1.82) is 0 Å². The van der Waals surface area contributed by atoms with E-state index in [-0.39, 0.29) is 34.8 Å². The van der Waals surface area contributed by atoms with E-state index in [1.807, 2.05) is 24.3 Å². The fourth-order valence-corrected chi connectivity index (χ4v) is 8.50. The summed E-state index contributed by atoms with van der Waals surface area (Å²) >= 11 is 1.37. The van der Waals surface area contributed by atoms with Crippen molar-refractivity contribution >= 4 is 28.6 Å². The molecule has 6 nitrogen and oxygen atoms in total. The van der Waals surface area contributed by atoms with Crippen LogP contribution < -0.4 is 10.9 Å². The van der Waals surface area contributed by atoms with Gasteiger partial charge >= 0.3 is 0 Å². The molecule has 1 aliphatic heterocycles. The van der Waals surface area contributed by atoms with Crippen LogP contribution in [0.2, 0.25) is 0 Å². The predicted octanol–water partition coefficient (Wildman–Crippen LogP) is 4.39. The molecule has 1 aromatic carbocycles. The Morgan fingerprint density at radius 3 is 2.59 bits per heavy atom. The highest BCUT2D eigenvalue weighted by atomic mass is 32.2. The molecule has 182 valence electrons. The Labute approximate surface area is 205 Å². The lowest BCUT2D eigenvalue weighted by molar-refractivity contribution is -0.123. The zero-order valence-electron chi connectivity index (χ0n) is 20.0. The van der Waals surface area contributed by atoms with Gasteiger partial charge in [0.2, 0.25) is 5.91 Å². The summed E-state index contributed by atoms with van der Waals surface area (Å²) in [6, 6.07) is 7.66. The number of carbonyl (C=O) groups is 1. The zero-order valence-corrected chi connectivity index (χ0v) is 20.8. The number of nitrogens with one attached hydrogen (secondary N) is 1. The van der Waals surface area contributed by atoms with Crippen molar-refractivity contribution in [3.8, 4) is 0 Å². The highest BCUT2D eigenvalue weighted by Crippen LogP contribution is 2.61. The van der Waals surface area contributed by atoms with Crippen molar-refractivity contribution in [3.05, 3.63) is 34.6 Å². The molecule has 4 aliphatic carbocycles. The third-order valence-corrected chi connectivity index (χ3v) is 9.93. The number of rotatable bonds is 7. The SMILES string of the molecule is CC(NC(=O)CSc1nc2ccccc2c(=O)n1CC1CCCO1)C12CC3CC(CC(C3)C1)C2. The molecule has 7 heteroatoms. The molecule has 0 spiro atoms. The fourth-order valence-electron chi connectivity index (χ4n) is 7.69. The van der Waals surface area contributed by atoms with Crippen LogP contribution in [0.4, 0.5) is 0 Å². The van der Waals surface area contributed by atoms with Crippen molar-refractivity contribution in [2.45, 2.75) is 82.1 Å². The summed E-state index contributed by atoms with van der Waals surface area (Å²) < 4.78 is 7.52. The number of fused-ring (bicyclic) bond motifs is 1. The van der Waals surface area contributed by atoms with Gasteiger partial charge in [-0.25, -0.2) is 4.98 Å². The summed E-state index contributed by atoms with van der Waals surface area (Å²) in [6.45, 7) is 3.45. The molecule has 1 saturated heterocycles. The normalized spacial score (nSPS) is 32.9. The number of para-hydroxylation sites is 1. The summed E-state index contributed by atoms with van der Waals surface area (Å²) in [6.07, 6.45) is 10.1. The molecule has 4 saturated carbocycles. The Balaban J connectivity index is 1.17. The molecular weight excluding hydrogens is 446 g/mol. The third kappa shape index (κ3) is 4.19. The quantitative estimate of drug-likeness (QED) is 0.469. The largest absolute Gasteiger partial charge is 0.376 e. The molecule has 5 fully saturated rings. The van der Waals surface area contributed by atoms with Crippen molar-refractivity contribution < 1.29 is 9.53 Å². The van der Waals surface area contributed by atoms with Gasteiger partial charge in [0.1, 0.15) is 0 Å². The number of ether oxygens (including phenoxy) is 1. The second-order valence-electron chi connectivity index (χ2n) is 11.3. The fraction of sp³-hybridized carbons (Fsp3) is 0.667. The first kappa shape index (κ1) is 22.6.